The lowest BCUT2D eigenvalue weighted by Gasteiger charge is -2.09. The van der Waals surface area contributed by atoms with Crippen molar-refractivity contribution in [2.24, 2.45) is 0 Å². The predicted molar refractivity (Wildman–Crippen MR) is 108 cm³/mol. The Morgan fingerprint density at radius 1 is 1.13 bits per heavy atom. The smallest absolute Gasteiger partial charge is 0.319 e. The standard InChI is InChI=1S/C19H14BrF3N6O/c20-16-13(26-18(30)14-10-24-11-4-1-2-5-12(11)25-14)6-7-15-17(16)27-28-29(15)9-3-8-19(21,22)23/h1-2,4-7,10H,3,8-9H2,(H,26,30). The summed E-state index contributed by atoms with van der Waals surface area (Å²) in [7, 11) is 0. The summed E-state index contributed by atoms with van der Waals surface area (Å²) in [5.41, 5.74) is 2.86. The van der Waals surface area contributed by atoms with Crippen LogP contribution in [0, 0.1) is 0 Å². The molecule has 4 aromatic rings. The Morgan fingerprint density at radius 3 is 2.67 bits per heavy atom. The number of halogens is 4. The number of rotatable bonds is 5. The molecule has 0 saturated carbocycles. The number of carbonyl (C=O) groups excluding carboxylic acids is 1. The Hall–Kier alpha value is -3.08. The molecule has 0 fully saturated rings. The van der Waals surface area contributed by atoms with Crippen LogP contribution in [0.2, 0.25) is 0 Å². The van der Waals surface area contributed by atoms with Gasteiger partial charge in [0.25, 0.3) is 5.91 Å². The Morgan fingerprint density at radius 2 is 1.90 bits per heavy atom. The van der Waals surface area contributed by atoms with Gasteiger partial charge < -0.3 is 5.32 Å². The van der Waals surface area contributed by atoms with Crippen LogP contribution in [0.3, 0.4) is 0 Å². The predicted octanol–water partition coefficient (Wildman–Crippen LogP) is 4.73. The topological polar surface area (TPSA) is 85.6 Å². The lowest BCUT2D eigenvalue weighted by Crippen LogP contribution is -2.14. The van der Waals surface area contributed by atoms with E-state index in [2.05, 4.69) is 41.5 Å². The summed E-state index contributed by atoms with van der Waals surface area (Å²) < 4.78 is 39.0. The average Bonchev–Trinajstić information content (AvgIpc) is 3.12. The number of aryl methyl sites for hydroxylation is 1. The molecule has 0 unspecified atom stereocenters. The zero-order valence-electron chi connectivity index (χ0n) is 15.3. The summed E-state index contributed by atoms with van der Waals surface area (Å²) in [6, 6.07) is 10.5. The summed E-state index contributed by atoms with van der Waals surface area (Å²) in [5.74, 6) is -0.453. The molecule has 0 radical (unpaired) electrons. The van der Waals surface area contributed by atoms with Crippen LogP contribution in [0.1, 0.15) is 23.3 Å². The number of anilines is 1. The van der Waals surface area contributed by atoms with Gasteiger partial charge in [-0.3, -0.25) is 9.78 Å². The van der Waals surface area contributed by atoms with Crippen molar-refractivity contribution in [3.63, 3.8) is 0 Å². The maximum Gasteiger partial charge on any atom is 0.389 e. The van der Waals surface area contributed by atoms with E-state index in [-0.39, 0.29) is 18.7 Å². The molecule has 0 bridgehead atoms. The lowest BCUT2D eigenvalue weighted by atomic mass is 10.2. The number of para-hydroxylation sites is 2. The number of amides is 1. The van der Waals surface area contributed by atoms with E-state index in [0.717, 1.165) is 0 Å². The van der Waals surface area contributed by atoms with Crippen LogP contribution in [0.5, 0.6) is 0 Å². The van der Waals surface area contributed by atoms with Gasteiger partial charge in [0.15, 0.2) is 0 Å². The summed E-state index contributed by atoms with van der Waals surface area (Å²) in [6.07, 6.45) is -3.81. The molecule has 0 atom stereocenters. The highest BCUT2D eigenvalue weighted by Crippen LogP contribution is 2.31. The third-order valence-electron chi connectivity index (χ3n) is 4.39. The van der Waals surface area contributed by atoms with E-state index in [4.69, 9.17) is 0 Å². The average molecular weight is 479 g/mol. The molecule has 154 valence electrons. The van der Waals surface area contributed by atoms with Gasteiger partial charge in [-0.2, -0.15) is 13.2 Å². The molecule has 2 aromatic carbocycles. The number of fused-ring (bicyclic) bond motifs is 2. The Balaban J connectivity index is 1.54. The SMILES string of the molecule is O=C(Nc1ccc2c(nnn2CCCC(F)(F)F)c1Br)c1cnc2ccccc2n1. The van der Waals surface area contributed by atoms with Gasteiger partial charge in [0.1, 0.15) is 11.2 Å². The molecule has 0 saturated heterocycles. The molecule has 0 spiro atoms. The monoisotopic (exact) mass is 478 g/mol. The number of hydrogen-bond donors (Lipinski definition) is 1. The number of carbonyl (C=O) groups is 1. The summed E-state index contributed by atoms with van der Waals surface area (Å²) >= 11 is 3.39. The van der Waals surface area contributed by atoms with Crippen LogP contribution >= 0.6 is 15.9 Å². The second kappa shape index (κ2) is 7.98. The molecule has 0 aliphatic rings. The molecular formula is C19H14BrF3N6O. The lowest BCUT2D eigenvalue weighted by molar-refractivity contribution is -0.136. The van der Waals surface area contributed by atoms with Crippen molar-refractivity contribution < 1.29 is 18.0 Å². The zero-order valence-corrected chi connectivity index (χ0v) is 16.9. The largest absolute Gasteiger partial charge is 0.389 e. The second-order valence-electron chi connectivity index (χ2n) is 6.52. The molecule has 2 heterocycles. The highest BCUT2D eigenvalue weighted by molar-refractivity contribution is 9.10. The Bertz CT molecular complexity index is 1240. The Labute approximate surface area is 176 Å². The van der Waals surface area contributed by atoms with E-state index in [1.807, 2.05) is 6.07 Å². The fourth-order valence-electron chi connectivity index (χ4n) is 2.95. The van der Waals surface area contributed by atoms with Crippen molar-refractivity contribution in [1.29, 1.82) is 0 Å². The van der Waals surface area contributed by atoms with Gasteiger partial charge in [-0.1, -0.05) is 17.3 Å². The van der Waals surface area contributed by atoms with Gasteiger partial charge >= 0.3 is 6.18 Å². The van der Waals surface area contributed by atoms with Gasteiger partial charge in [-0.15, -0.1) is 5.10 Å². The van der Waals surface area contributed by atoms with Crippen LogP contribution in [-0.4, -0.2) is 37.0 Å². The quantitative estimate of drug-likeness (QED) is 0.448. The fraction of sp³-hybridized carbons (Fsp3) is 0.211. The zero-order chi connectivity index (χ0) is 21.3. The minimum atomic E-state index is -4.21. The molecule has 0 aliphatic carbocycles. The summed E-state index contributed by atoms with van der Waals surface area (Å²) in [4.78, 5) is 21.1. The number of benzene rings is 2. The maximum atomic E-state index is 12.6. The molecular weight excluding hydrogens is 465 g/mol. The third-order valence-corrected chi connectivity index (χ3v) is 5.19. The van der Waals surface area contributed by atoms with Crippen molar-refractivity contribution in [2.75, 3.05) is 5.32 Å². The minimum Gasteiger partial charge on any atom is -0.319 e. The minimum absolute atomic E-state index is 0.0842. The summed E-state index contributed by atoms with van der Waals surface area (Å²) in [5, 5.41) is 10.7. The van der Waals surface area contributed by atoms with Crippen molar-refractivity contribution in [2.45, 2.75) is 25.6 Å². The number of hydrogen-bond acceptors (Lipinski definition) is 5. The first-order chi connectivity index (χ1) is 14.3. The highest BCUT2D eigenvalue weighted by atomic mass is 79.9. The Kier molecular flexibility index (Phi) is 5.37. The van der Waals surface area contributed by atoms with E-state index in [0.29, 0.717) is 32.2 Å². The van der Waals surface area contributed by atoms with Crippen LogP contribution in [0.25, 0.3) is 22.1 Å². The molecule has 1 amide bonds. The van der Waals surface area contributed by atoms with Gasteiger partial charge in [0.2, 0.25) is 0 Å². The molecule has 30 heavy (non-hydrogen) atoms. The van der Waals surface area contributed by atoms with E-state index in [1.165, 1.54) is 10.9 Å². The molecule has 2 aromatic heterocycles. The van der Waals surface area contributed by atoms with Gasteiger partial charge in [-0.25, -0.2) is 9.67 Å². The normalized spacial score (nSPS) is 11.9. The first-order valence-electron chi connectivity index (χ1n) is 8.93. The second-order valence-corrected chi connectivity index (χ2v) is 7.32. The van der Waals surface area contributed by atoms with Crippen molar-refractivity contribution in [3.05, 3.63) is 52.8 Å². The first-order valence-corrected chi connectivity index (χ1v) is 9.73. The van der Waals surface area contributed by atoms with Crippen molar-refractivity contribution in [1.82, 2.24) is 25.0 Å². The molecule has 7 nitrogen and oxygen atoms in total. The van der Waals surface area contributed by atoms with Crippen LogP contribution < -0.4 is 5.32 Å². The van der Waals surface area contributed by atoms with Gasteiger partial charge in [0, 0.05) is 13.0 Å². The first kappa shape index (κ1) is 20.2. The van der Waals surface area contributed by atoms with Crippen LogP contribution in [0.4, 0.5) is 18.9 Å². The third kappa shape index (κ3) is 4.25. The highest BCUT2D eigenvalue weighted by Gasteiger charge is 2.26. The van der Waals surface area contributed by atoms with Crippen molar-refractivity contribution >= 4 is 49.6 Å². The summed E-state index contributed by atoms with van der Waals surface area (Å²) in [6.45, 7) is 0.0842. The number of nitrogens with zero attached hydrogens (tertiary/aromatic N) is 5. The van der Waals surface area contributed by atoms with E-state index < -0.39 is 18.5 Å². The number of nitrogens with one attached hydrogen (secondary N) is 1. The molecule has 4 rings (SSSR count). The number of alkyl halides is 3. The molecule has 11 heteroatoms. The number of aromatic nitrogens is 5. The van der Waals surface area contributed by atoms with Crippen molar-refractivity contribution in [3.8, 4) is 0 Å². The van der Waals surface area contributed by atoms with Crippen LogP contribution in [0.15, 0.2) is 47.1 Å². The van der Waals surface area contributed by atoms with E-state index in [1.54, 1.807) is 30.3 Å². The van der Waals surface area contributed by atoms with Crippen LogP contribution in [-0.2, 0) is 6.54 Å². The molecule has 1 N–H and O–H groups in total. The van der Waals surface area contributed by atoms with E-state index >= 15 is 0 Å². The van der Waals surface area contributed by atoms with Gasteiger partial charge in [0.05, 0.1) is 32.9 Å². The molecule has 0 aliphatic heterocycles. The fourth-order valence-corrected chi connectivity index (χ4v) is 3.46. The maximum absolute atomic E-state index is 12.6. The van der Waals surface area contributed by atoms with E-state index in [9.17, 15) is 18.0 Å². The van der Waals surface area contributed by atoms with Gasteiger partial charge in [-0.05, 0) is 46.6 Å².